The number of halogens is 1. The van der Waals surface area contributed by atoms with E-state index in [1.807, 2.05) is 19.1 Å². The topological polar surface area (TPSA) is 55.1 Å². The number of hydrogen-bond donors (Lipinski definition) is 1. The van der Waals surface area contributed by atoms with Gasteiger partial charge in [0.05, 0.1) is 0 Å². The number of carbonyl (C=O) groups is 1. The zero-order valence-electron chi connectivity index (χ0n) is 12.5. The molecule has 1 fully saturated rings. The van der Waals surface area contributed by atoms with Crippen LogP contribution in [0.1, 0.15) is 53.9 Å². The smallest absolute Gasteiger partial charge is 0.273 e. The minimum atomic E-state index is -0.154. The fraction of sp³-hybridized carbons (Fsp3) is 0.412. The van der Waals surface area contributed by atoms with Gasteiger partial charge in [-0.15, -0.1) is 0 Å². The third kappa shape index (κ3) is 3.97. The van der Waals surface area contributed by atoms with E-state index in [0.717, 1.165) is 35.9 Å². The molecule has 1 aliphatic carbocycles. The van der Waals surface area contributed by atoms with Crippen molar-refractivity contribution in [3.8, 4) is 0 Å². The van der Waals surface area contributed by atoms with Crippen LogP contribution in [0.15, 0.2) is 39.3 Å². The Morgan fingerprint density at radius 3 is 2.82 bits per heavy atom. The van der Waals surface area contributed by atoms with Gasteiger partial charge in [-0.25, -0.2) is 0 Å². The monoisotopic (exact) mass is 362 g/mol. The van der Waals surface area contributed by atoms with Crippen LogP contribution >= 0.6 is 15.9 Å². The van der Waals surface area contributed by atoms with Crippen molar-refractivity contribution in [2.75, 3.05) is 0 Å². The number of amides is 1. The Kier molecular flexibility index (Phi) is 4.62. The van der Waals surface area contributed by atoms with E-state index in [1.54, 1.807) is 6.07 Å². The summed E-state index contributed by atoms with van der Waals surface area (Å²) in [6, 6.07) is 10.1. The molecule has 1 aromatic heterocycles. The van der Waals surface area contributed by atoms with Crippen molar-refractivity contribution in [1.82, 2.24) is 10.5 Å². The van der Waals surface area contributed by atoms with Crippen molar-refractivity contribution in [2.45, 2.75) is 44.6 Å². The number of rotatable bonds is 6. The molecule has 1 N–H and O–H groups in total. The molecule has 0 saturated heterocycles. The predicted molar refractivity (Wildman–Crippen MR) is 87.9 cm³/mol. The van der Waals surface area contributed by atoms with Crippen LogP contribution in [0, 0.1) is 0 Å². The summed E-state index contributed by atoms with van der Waals surface area (Å²) in [6.07, 6.45) is 4.10. The van der Waals surface area contributed by atoms with Crippen LogP contribution < -0.4 is 5.32 Å². The Labute approximate surface area is 138 Å². The van der Waals surface area contributed by atoms with Crippen LogP contribution in [0.5, 0.6) is 0 Å². The van der Waals surface area contributed by atoms with Crippen molar-refractivity contribution in [3.05, 3.63) is 51.8 Å². The van der Waals surface area contributed by atoms with Gasteiger partial charge >= 0.3 is 0 Å². The number of carbonyl (C=O) groups excluding carboxylic acids is 1. The average Bonchev–Trinajstić information content (AvgIpc) is 3.24. The van der Waals surface area contributed by atoms with Gasteiger partial charge < -0.3 is 9.84 Å². The summed E-state index contributed by atoms with van der Waals surface area (Å²) in [7, 11) is 0. The lowest BCUT2D eigenvalue weighted by molar-refractivity contribution is 0.0929. The van der Waals surface area contributed by atoms with E-state index in [2.05, 4.69) is 38.5 Å². The molecule has 1 amide bonds. The highest BCUT2D eigenvalue weighted by atomic mass is 79.9. The SMILES string of the molecule is CC(CCc1ccc(Br)cc1)NC(=O)c1cc(C2CC2)on1. The molecular weight excluding hydrogens is 344 g/mol. The van der Waals surface area contributed by atoms with Crippen LogP contribution in [0.25, 0.3) is 0 Å². The second-order valence-corrected chi connectivity index (χ2v) is 6.84. The van der Waals surface area contributed by atoms with E-state index in [0.29, 0.717) is 11.6 Å². The molecule has 22 heavy (non-hydrogen) atoms. The molecule has 1 saturated carbocycles. The first-order chi connectivity index (χ1) is 10.6. The number of nitrogens with zero attached hydrogens (tertiary/aromatic N) is 1. The van der Waals surface area contributed by atoms with Gasteiger partial charge in [0.15, 0.2) is 5.69 Å². The number of aryl methyl sites for hydroxylation is 1. The molecule has 1 unspecified atom stereocenters. The van der Waals surface area contributed by atoms with Crippen LogP contribution in [-0.4, -0.2) is 17.1 Å². The molecule has 1 aliphatic rings. The molecule has 116 valence electrons. The maximum absolute atomic E-state index is 12.1. The van der Waals surface area contributed by atoms with E-state index >= 15 is 0 Å². The van der Waals surface area contributed by atoms with Gasteiger partial charge in [0.1, 0.15) is 5.76 Å². The Morgan fingerprint density at radius 2 is 2.14 bits per heavy atom. The summed E-state index contributed by atoms with van der Waals surface area (Å²) < 4.78 is 6.30. The Balaban J connectivity index is 1.48. The van der Waals surface area contributed by atoms with Gasteiger partial charge in [-0.2, -0.15) is 0 Å². The fourth-order valence-corrected chi connectivity index (χ4v) is 2.63. The molecule has 5 heteroatoms. The zero-order chi connectivity index (χ0) is 15.5. The van der Waals surface area contributed by atoms with Crippen molar-refractivity contribution < 1.29 is 9.32 Å². The number of benzene rings is 1. The summed E-state index contributed by atoms with van der Waals surface area (Å²) in [4.78, 5) is 12.1. The highest BCUT2D eigenvalue weighted by Crippen LogP contribution is 2.40. The molecule has 2 aromatic rings. The molecule has 1 heterocycles. The van der Waals surface area contributed by atoms with Crippen molar-refractivity contribution in [1.29, 1.82) is 0 Å². The maximum Gasteiger partial charge on any atom is 0.273 e. The summed E-state index contributed by atoms with van der Waals surface area (Å²) in [5.74, 6) is 1.16. The van der Waals surface area contributed by atoms with E-state index in [1.165, 1.54) is 5.56 Å². The van der Waals surface area contributed by atoms with E-state index < -0.39 is 0 Å². The maximum atomic E-state index is 12.1. The molecule has 1 atom stereocenters. The summed E-state index contributed by atoms with van der Waals surface area (Å²) in [5, 5.41) is 6.85. The minimum absolute atomic E-state index is 0.0946. The Morgan fingerprint density at radius 1 is 1.41 bits per heavy atom. The summed E-state index contributed by atoms with van der Waals surface area (Å²) in [5.41, 5.74) is 1.65. The van der Waals surface area contributed by atoms with Crippen molar-refractivity contribution in [2.24, 2.45) is 0 Å². The van der Waals surface area contributed by atoms with Crippen LogP contribution in [0.4, 0.5) is 0 Å². The highest BCUT2D eigenvalue weighted by Gasteiger charge is 2.29. The van der Waals surface area contributed by atoms with Crippen LogP contribution in [-0.2, 0) is 6.42 Å². The lowest BCUT2D eigenvalue weighted by Gasteiger charge is -2.12. The third-order valence-electron chi connectivity index (χ3n) is 3.90. The lowest BCUT2D eigenvalue weighted by Crippen LogP contribution is -2.33. The van der Waals surface area contributed by atoms with Gasteiger partial charge in [-0.3, -0.25) is 4.79 Å². The largest absolute Gasteiger partial charge is 0.360 e. The minimum Gasteiger partial charge on any atom is -0.360 e. The first-order valence-corrected chi connectivity index (χ1v) is 8.43. The van der Waals surface area contributed by atoms with Crippen LogP contribution in [0.2, 0.25) is 0 Å². The first kappa shape index (κ1) is 15.3. The van der Waals surface area contributed by atoms with Gasteiger partial charge in [-0.1, -0.05) is 33.2 Å². The standard InChI is InChI=1S/C17H19BrN2O2/c1-11(2-3-12-4-8-14(18)9-5-12)19-17(21)15-10-16(22-20-15)13-6-7-13/h4-5,8-11,13H,2-3,6-7H2,1H3,(H,19,21). The molecule has 0 bridgehead atoms. The van der Waals surface area contributed by atoms with Gasteiger partial charge in [-0.05, 0) is 50.3 Å². The fourth-order valence-electron chi connectivity index (χ4n) is 2.36. The van der Waals surface area contributed by atoms with E-state index in [-0.39, 0.29) is 11.9 Å². The average molecular weight is 363 g/mol. The molecule has 3 rings (SSSR count). The number of nitrogens with one attached hydrogen (secondary N) is 1. The lowest BCUT2D eigenvalue weighted by atomic mass is 10.1. The molecular formula is C17H19BrN2O2. The summed E-state index contributed by atoms with van der Waals surface area (Å²) in [6.45, 7) is 2.01. The highest BCUT2D eigenvalue weighted by molar-refractivity contribution is 9.10. The molecule has 0 radical (unpaired) electrons. The third-order valence-corrected chi connectivity index (χ3v) is 4.43. The molecule has 4 nitrogen and oxygen atoms in total. The second-order valence-electron chi connectivity index (χ2n) is 5.93. The number of aromatic nitrogens is 1. The molecule has 0 spiro atoms. The Bertz CT molecular complexity index is 647. The van der Waals surface area contributed by atoms with E-state index in [4.69, 9.17) is 4.52 Å². The normalized spacial score (nSPS) is 15.5. The summed E-state index contributed by atoms with van der Waals surface area (Å²) >= 11 is 3.43. The van der Waals surface area contributed by atoms with Crippen LogP contribution in [0.3, 0.4) is 0 Å². The first-order valence-electron chi connectivity index (χ1n) is 7.64. The van der Waals surface area contributed by atoms with E-state index in [9.17, 15) is 4.79 Å². The number of hydrogen-bond acceptors (Lipinski definition) is 3. The molecule has 1 aromatic carbocycles. The quantitative estimate of drug-likeness (QED) is 0.842. The van der Waals surface area contributed by atoms with Gasteiger partial charge in [0.2, 0.25) is 0 Å². The van der Waals surface area contributed by atoms with Crippen molar-refractivity contribution in [3.63, 3.8) is 0 Å². The van der Waals surface area contributed by atoms with Crippen molar-refractivity contribution >= 4 is 21.8 Å². The van der Waals surface area contributed by atoms with Gasteiger partial charge in [0.25, 0.3) is 5.91 Å². The zero-order valence-corrected chi connectivity index (χ0v) is 14.1. The van der Waals surface area contributed by atoms with Gasteiger partial charge in [0, 0.05) is 22.5 Å². The molecule has 0 aliphatic heterocycles. The predicted octanol–water partition coefficient (Wildman–Crippen LogP) is 4.07. The second kappa shape index (κ2) is 6.65. The Hall–Kier alpha value is -1.62.